The van der Waals surface area contributed by atoms with Crippen LogP contribution in [0.5, 0.6) is 0 Å². The molecule has 0 bridgehead atoms. The van der Waals surface area contributed by atoms with Gasteiger partial charge in [0, 0.05) is 11.2 Å². The molecule has 0 saturated heterocycles. The highest BCUT2D eigenvalue weighted by molar-refractivity contribution is 8.00. The fraction of sp³-hybridized carbons (Fsp3) is 0.214. The fourth-order valence-corrected chi connectivity index (χ4v) is 2.80. The largest absolute Gasteiger partial charge is 0.433 e. The Hall–Kier alpha value is -1.51. The van der Waals surface area contributed by atoms with E-state index in [4.69, 9.17) is 23.2 Å². The lowest BCUT2D eigenvalue weighted by molar-refractivity contribution is -0.141. The van der Waals surface area contributed by atoms with Crippen LogP contribution in [0.1, 0.15) is 12.6 Å². The van der Waals surface area contributed by atoms with Crippen LogP contribution in [0.4, 0.5) is 18.9 Å². The van der Waals surface area contributed by atoms with E-state index in [1.165, 1.54) is 19.1 Å². The Morgan fingerprint density at radius 2 is 2.00 bits per heavy atom. The molecule has 1 aromatic carbocycles. The van der Waals surface area contributed by atoms with E-state index in [9.17, 15) is 18.0 Å². The molecule has 1 amide bonds. The summed E-state index contributed by atoms with van der Waals surface area (Å²) in [6.07, 6.45) is -3.57. The van der Waals surface area contributed by atoms with Gasteiger partial charge in [-0.3, -0.25) is 4.79 Å². The number of carbonyl (C=O) groups excluding carboxylic acids is 1. The Morgan fingerprint density at radius 1 is 1.29 bits per heavy atom. The zero-order valence-corrected chi connectivity index (χ0v) is 14.4. The van der Waals surface area contributed by atoms with E-state index in [1.807, 2.05) is 0 Å². The molecule has 0 spiro atoms. The van der Waals surface area contributed by atoms with Crippen LogP contribution in [-0.2, 0) is 11.0 Å². The molecule has 1 N–H and O–H groups in total. The molecule has 2 rings (SSSR count). The number of nitrogens with one attached hydrogen (secondary N) is 1. The van der Waals surface area contributed by atoms with Gasteiger partial charge in [0.25, 0.3) is 0 Å². The van der Waals surface area contributed by atoms with Crippen LogP contribution in [0.3, 0.4) is 0 Å². The molecule has 1 aromatic heterocycles. The number of thioether (sulfide) groups is 1. The minimum Gasteiger partial charge on any atom is -0.324 e. The average molecular weight is 396 g/mol. The van der Waals surface area contributed by atoms with Crippen molar-refractivity contribution in [3.05, 3.63) is 46.2 Å². The first-order valence-corrected chi connectivity index (χ1v) is 8.13. The van der Waals surface area contributed by atoms with Gasteiger partial charge in [-0.05, 0) is 31.2 Å². The smallest absolute Gasteiger partial charge is 0.324 e. The summed E-state index contributed by atoms with van der Waals surface area (Å²) in [6, 6.07) is 5.31. The molecule has 0 radical (unpaired) electrons. The Morgan fingerprint density at radius 3 is 2.62 bits per heavy atom. The number of halogens is 5. The highest BCUT2D eigenvalue weighted by Crippen LogP contribution is 2.30. The van der Waals surface area contributed by atoms with Crippen molar-refractivity contribution in [2.45, 2.75) is 23.5 Å². The van der Waals surface area contributed by atoms with Gasteiger partial charge in [0.05, 0.1) is 16.0 Å². The third-order valence-corrected chi connectivity index (χ3v) is 4.29. The number of anilines is 1. The van der Waals surface area contributed by atoms with Crippen molar-refractivity contribution in [1.29, 1.82) is 0 Å². The van der Waals surface area contributed by atoms with E-state index in [2.05, 4.69) is 15.3 Å². The van der Waals surface area contributed by atoms with Crippen LogP contribution in [0, 0.1) is 0 Å². The van der Waals surface area contributed by atoms with Crippen molar-refractivity contribution in [2.75, 3.05) is 5.32 Å². The van der Waals surface area contributed by atoms with E-state index in [0.717, 1.165) is 24.0 Å². The number of rotatable bonds is 4. The van der Waals surface area contributed by atoms with E-state index in [-0.39, 0.29) is 10.2 Å². The first-order chi connectivity index (χ1) is 11.2. The van der Waals surface area contributed by atoms with Crippen LogP contribution in [-0.4, -0.2) is 21.1 Å². The van der Waals surface area contributed by atoms with E-state index < -0.39 is 23.0 Å². The molecule has 0 aliphatic carbocycles. The molecule has 1 heterocycles. The molecule has 4 nitrogen and oxygen atoms in total. The SMILES string of the molecule is CC(Sc1nccc(C(F)(F)F)n1)C(=O)Nc1ccc(Cl)cc1Cl. The number of amides is 1. The lowest BCUT2D eigenvalue weighted by Crippen LogP contribution is -2.23. The van der Waals surface area contributed by atoms with Gasteiger partial charge in [-0.15, -0.1) is 0 Å². The van der Waals surface area contributed by atoms with Gasteiger partial charge in [0.2, 0.25) is 5.91 Å². The number of benzene rings is 1. The van der Waals surface area contributed by atoms with Crippen LogP contribution < -0.4 is 5.32 Å². The molecule has 128 valence electrons. The molecular weight excluding hydrogens is 386 g/mol. The number of aromatic nitrogens is 2. The van der Waals surface area contributed by atoms with Crippen molar-refractivity contribution in [2.24, 2.45) is 0 Å². The minimum atomic E-state index is -4.57. The van der Waals surface area contributed by atoms with Gasteiger partial charge in [-0.2, -0.15) is 13.2 Å². The molecule has 1 unspecified atom stereocenters. The van der Waals surface area contributed by atoms with Gasteiger partial charge >= 0.3 is 6.18 Å². The summed E-state index contributed by atoms with van der Waals surface area (Å²) in [5.41, 5.74) is -0.711. The highest BCUT2D eigenvalue weighted by atomic mass is 35.5. The molecule has 2 aromatic rings. The lowest BCUT2D eigenvalue weighted by Gasteiger charge is -2.13. The first kappa shape index (κ1) is 18.8. The molecule has 0 aliphatic rings. The fourth-order valence-electron chi connectivity index (χ4n) is 1.59. The number of alkyl halides is 3. The standard InChI is InChI=1S/C14H10Cl2F3N3OS/c1-7(12(23)21-10-3-2-8(15)6-9(10)16)24-13-20-5-4-11(22-13)14(17,18)19/h2-7H,1H3,(H,21,23). The van der Waals surface area contributed by atoms with Crippen molar-refractivity contribution in [3.63, 3.8) is 0 Å². The maximum atomic E-state index is 12.6. The van der Waals surface area contributed by atoms with Crippen LogP contribution >= 0.6 is 35.0 Å². The molecule has 24 heavy (non-hydrogen) atoms. The molecular formula is C14H10Cl2F3N3OS. The number of hydrogen-bond donors (Lipinski definition) is 1. The number of nitrogens with zero attached hydrogens (tertiary/aromatic N) is 2. The first-order valence-electron chi connectivity index (χ1n) is 6.49. The topological polar surface area (TPSA) is 54.9 Å². The van der Waals surface area contributed by atoms with Crippen molar-refractivity contribution >= 4 is 46.6 Å². The van der Waals surface area contributed by atoms with Gasteiger partial charge in [0.1, 0.15) is 5.69 Å². The van der Waals surface area contributed by atoms with E-state index in [0.29, 0.717) is 10.7 Å². The normalized spacial score (nSPS) is 12.8. The second kappa shape index (κ2) is 7.58. The summed E-state index contributed by atoms with van der Waals surface area (Å²) >= 11 is 12.5. The van der Waals surface area contributed by atoms with Gasteiger partial charge in [-0.25, -0.2) is 9.97 Å². The number of hydrogen-bond acceptors (Lipinski definition) is 4. The minimum absolute atomic E-state index is 0.144. The Kier molecular flexibility index (Phi) is 5.95. The highest BCUT2D eigenvalue weighted by Gasteiger charge is 2.33. The van der Waals surface area contributed by atoms with Crippen LogP contribution in [0.2, 0.25) is 10.0 Å². The van der Waals surface area contributed by atoms with Crippen LogP contribution in [0.25, 0.3) is 0 Å². The third kappa shape index (κ3) is 4.99. The summed E-state index contributed by atoms with van der Waals surface area (Å²) < 4.78 is 37.9. The zero-order valence-electron chi connectivity index (χ0n) is 12.1. The lowest BCUT2D eigenvalue weighted by atomic mass is 10.3. The van der Waals surface area contributed by atoms with Gasteiger partial charge in [0.15, 0.2) is 5.16 Å². The van der Waals surface area contributed by atoms with Crippen molar-refractivity contribution in [1.82, 2.24) is 9.97 Å². The molecule has 0 fully saturated rings. The van der Waals surface area contributed by atoms with Gasteiger partial charge < -0.3 is 5.32 Å². The number of carbonyl (C=O) groups is 1. The Bertz CT molecular complexity index is 758. The Labute approximate surface area is 149 Å². The second-order valence-corrected chi connectivity index (χ2v) is 6.75. The van der Waals surface area contributed by atoms with E-state index >= 15 is 0 Å². The predicted molar refractivity (Wildman–Crippen MR) is 87.4 cm³/mol. The molecule has 0 aliphatic heterocycles. The predicted octanol–water partition coefficient (Wildman–Crippen LogP) is 4.92. The monoisotopic (exact) mass is 395 g/mol. The zero-order chi connectivity index (χ0) is 17.9. The summed E-state index contributed by atoms with van der Waals surface area (Å²) in [5.74, 6) is -0.453. The average Bonchev–Trinajstić information content (AvgIpc) is 2.49. The molecule has 10 heteroatoms. The maximum absolute atomic E-state index is 12.6. The quantitative estimate of drug-likeness (QED) is 0.589. The molecule has 0 saturated carbocycles. The summed E-state index contributed by atoms with van der Waals surface area (Å²) in [6.45, 7) is 1.52. The van der Waals surface area contributed by atoms with Crippen molar-refractivity contribution < 1.29 is 18.0 Å². The summed E-state index contributed by atoms with van der Waals surface area (Å²) in [5, 5.41) is 2.36. The Balaban J connectivity index is 2.06. The van der Waals surface area contributed by atoms with Crippen LogP contribution in [0.15, 0.2) is 35.6 Å². The summed E-state index contributed by atoms with van der Waals surface area (Å²) in [7, 11) is 0. The van der Waals surface area contributed by atoms with Gasteiger partial charge in [-0.1, -0.05) is 35.0 Å². The van der Waals surface area contributed by atoms with Crippen molar-refractivity contribution in [3.8, 4) is 0 Å². The maximum Gasteiger partial charge on any atom is 0.433 e. The molecule has 1 atom stereocenters. The second-order valence-electron chi connectivity index (χ2n) is 4.60. The van der Waals surface area contributed by atoms with E-state index in [1.54, 1.807) is 6.07 Å². The summed E-state index contributed by atoms with van der Waals surface area (Å²) in [4.78, 5) is 19.3. The third-order valence-electron chi connectivity index (χ3n) is 2.76.